The zero-order valence-electron chi connectivity index (χ0n) is 10.5. The maximum atomic E-state index is 13.4. The zero-order chi connectivity index (χ0) is 13.7. The van der Waals surface area contributed by atoms with Crippen LogP contribution in [0.2, 0.25) is 0 Å². The highest BCUT2D eigenvalue weighted by molar-refractivity contribution is 7.98. The highest BCUT2D eigenvalue weighted by atomic mass is 32.2. The second-order valence-corrected chi connectivity index (χ2v) is 6.05. The van der Waals surface area contributed by atoms with E-state index in [2.05, 4.69) is 17.2 Å². The van der Waals surface area contributed by atoms with Gasteiger partial charge in [0.25, 0.3) is 0 Å². The smallest absolute Gasteiger partial charge is 0.182 e. The Hall–Kier alpha value is -1.14. The van der Waals surface area contributed by atoms with Crippen molar-refractivity contribution in [3.8, 4) is 0 Å². The normalized spacial score (nSPS) is 10.7. The minimum atomic E-state index is -0.418. The Morgan fingerprint density at radius 2 is 2.21 bits per heavy atom. The van der Waals surface area contributed by atoms with Gasteiger partial charge < -0.3 is 5.32 Å². The van der Waals surface area contributed by atoms with Crippen LogP contribution in [0.25, 0.3) is 0 Å². The lowest BCUT2D eigenvalue weighted by Crippen LogP contribution is -1.97. The van der Waals surface area contributed by atoms with Gasteiger partial charge in [0.15, 0.2) is 5.13 Å². The lowest BCUT2D eigenvalue weighted by molar-refractivity contribution is 0.577. The molecule has 0 aliphatic rings. The zero-order valence-corrected chi connectivity index (χ0v) is 12.1. The van der Waals surface area contributed by atoms with Crippen LogP contribution in [0.3, 0.4) is 0 Å². The highest BCUT2D eigenvalue weighted by Crippen LogP contribution is 2.29. The number of thioether (sulfide) groups is 1. The Morgan fingerprint density at radius 1 is 1.37 bits per heavy atom. The number of nitrogens with one attached hydrogen (secondary N) is 1. The van der Waals surface area contributed by atoms with Crippen molar-refractivity contribution in [1.82, 2.24) is 4.98 Å². The van der Waals surface area contributed by atoms with Crippen LogP contribution in [0, 0.1) is 11.6 Å². The molecule has 0 atom stereocenters. The quantitative estimate of drug-likeness (QED) is 0.793. The van der Waals surface area contributed by atoms with Crippen molar-refractivity contribution in [2.45, 2.75) is 24.0 Å². The molecule has 6 heteroatoms. The summed E-state index contributed by atoms with van der Waals surface area (Å²) < 4.78 is 26.4. The molecule has 102 valence electrons. The molecular formula is C13H14F2N2S2. The van der Waals surface area contributed by atoms with Gasteiger partial charge in [0.2, 0.25) is 0 Å². The molecule has 1 N–H and O–H groups in total. The summed E-state index contributed by atoms with van der Waals surface area (Å²) in [6.45, 7) is 2.97. The van der Waals surface area contributed by atoms with Crippen LogP contribution in [0.4, 0.5) is 13.9 Å². The predicted octanol–water partition coefficient (Wildman–Crippen LogP) is 4.54. The summed E-state index contributed by atoms with van der Waals surface area (Å²) >= 11 is 2.82. The Morgan fingerprint density at radius 3 is 3.00 bits per heavy atom. The average Bonchev–Trinajstić information content (AvgIpc) is 2.85. The second-order valence-electron chi connectivity index (χ2n) is 3.92. The van der Waals surface area contributed by atoms with Gasteiger partial charge in [0.05, 0.1) is 0 Å². The Kier molecular flexibility index (Phi) is 5.15. The maximum Gasteiger partial charge on any atom is 0.182 e. The number of thiazole rings is 1. The van der Waals surface area contributed by atoms with Crippen molar-refractivity contribution in [1.29, 1.82) is 0 Å². The first-order valence-corrected chi connectivity index (χ1v) is 7.75. The summed E-state index contributed by atoms with van der Waals surface area (Å²) in [5.41, 5.74) is 0. The summed E-state index contributed by atoms with van der Waals surface area (Å²) in [4.78, 5) is 5.60. The van der Waals surface area contributed by atoms with Gasteiger partial charge in [0.1, 0.15) is 11.6 Å². The summed E-state index contributed by atoms with van der Waals surface area (Å²) in [5, 5.41) is 4.07. The van der Waals surface area contributed by atoms with E-state index in [0.717, 1.165) is 35.1 Å². The molecule has 0 unspecified atom stereocenters. The third kappa shape index (κ3) is 4.18. The Bertz CT molecular complexity index is 543. The molecule has 0 aliphatic heterocycles. The van der Waals surface area contributed by atoms with E-state index in [1.165, 1.54) is 17.8 Å². The van der Waals surface area contributed by atoms with Crippen molar-refractivity contribution < 1.29 is 8.78 Å². The van der Waals surface area contributed by atoms with Crippen LogP contribution < -0.4 is 5.32 Å². The topological polar surface area (TPSA) is 24.9 Å². The molecule has 2 rings (SSSR count). The third-order valence-electron chi connectivity index (χ3n) is 2.34. The minimum absolute atomic E-state index is 0.330. The van der Waals surface area contributed by atoms with E-state index in [9.17, 15) is 8.78 Å². The van der Waals surface area contributed by atoms with E-state index in [4.69, 9.17) is 0 Å². The number of nitrogens with zero attached hydrogens (tertiary/aromatic N) is 1. The van der Waals surface area contributed by atoms with Gasteiger partial charge in [-0.25, -0.2) is 13.8 Å². The third-order valence-corrected chi connectivity index (χ3v) is 4.56. The van der Waals surface area contributed by atoms with Crippen molar-refractivity contribution in [2.75, 3.05) is 11.9 Å². The van der Waals surface area contributed by atoms with E-state index in [0.29, 0.717) is 10.6 Å². The molecule has 0 fully saturated rings. The van der Waals surface area contributed by atoms with Crippen molar-refractivity contribution in [3.05, 3.63) is 40.9 Å². The summed E-state index contributed by atoms with van der Waals surface area (Å²) in [6, 6.07) is 3.49. The summed E-state index contributed by atoms with van der Waals surface area (Å²) in [7, 11) is 0. The Labute approximate surface area is 119 Å². The van der Waals surface area contributed by atoms with Gasteiger partial charge in [-0.05, 0) is 24.6 Å². The van der Waals surface area contributed by atoms with Crippen LogP contribution in [0.15, 0.2) is 29.3 Å². The van der Waals surface area contributed by atoms with E-state index < -0.39 is 5.82 Å². The molecule has 1 heterocycles. The molecule has 19 heavy (non-hydrogen) atoms. The predicted molar refractivity (Wildman–Crippen MR) is 76.8 cm³/mol. The lowest BCUT2D eigenvalue weighted by atomic mass is 10.3. The van der Waals surface area contributed by atoms with Crippen molar-refractivity contribution in [3.63, 3.8) is 0 Å². The van der Waals surface area contributed by atoms with Crippen LogP contribution >= 0.6 is 23.1 Å². The molecule has 0 amide bonds. The molecule has 0 aliphatic carbocycles. The molecule has 2 aromatic rings. The SMILES string of the molecule is CCCNc1ncc(CSc2cc(F)ccc2F)s1. The molecule has 2 nitrogen and oxygen atoms in total. The Balaban J connectivity index is 1.94. The van der Waals surface area contributed by atoms with Gasteiger partial charge >= 0.3 is 0 Å². The van der Waals surface area contributed by atoms with E-state index in [-0.39, 0.29) is 5.82 Å². The second kappa shape index (κ2) is 6.86. The number of aromatic nitrogens is 1. The van der Waals surface area contributed by atoms with Gasteiger partial charge in [-0.15, -0.1) is 23.1 Å². The fourth-order valence-electron chi connectivity index (χ4n) is 1.42. The number of halogens is 2. The van der Waals surface area contributed by atoms with E-state index in [1.54, 1.807) is 17.5 Å². The van der Waals surface area contributed by atoms with Crippen molar-refractivity contribution >= 4 is 28.2 Å². The largest absolute Gasteiger partial charge is 0.362 e. The maximum absolute atomic E-state index is 13.4. The summed E-state index contributed by atoms with van der Waals surface area (Å²) in [5.74, 6) is -0.218. The van der Waals surface area contributed by atoms with Crippen LogP contribution in [-0.2, 0) is 5.75 Å². The van der Waals surface area contributed by atoms with Gasteiger partial charge in [0, 0.05) is 28.3 Å². The molecule has 0 spiro atoms. The number of benzene rings is 1. The molecule has 0 saturated heterocycles. The molecule has 0 saturated carbocycles. The van der Waals surface area contributed by atoms with Crippen molar-refractivity contribution in [2.24, 2.45) is 0 Å². The fraction of sp³-hybridized carbons (Fsp3) is 0.308. The minimum Gasteiger partial charge on any atom is -0.362 e. The summed E-state index contributed by atoms with van der Waals surface area (Å²) in [6.07, 6.45) is 2.81. The fourth-order valence-corrected chi connectivity index (χ4v) is 3.24. The number of hydrogen-bond acceptors (Lipinski definition) is 4. The van der Waals surface area contributed by atoms with Gasteiger partial charge in [-0.1, -0.05) is 6.92 Å². The van der Waals surface area contributed by atoms with Crippen LogP contribution in [0.5, 0.6) is 0 Å². The van der Waals surface area contributed by atoms with Gasteiger partial charge in [-0.3, -0.25) is 0 Å². The molecule has 1 aromatic heterocycles. The molecule has 0 bridgehead atoms. The number of rotatable bonds is 6. The van der Waals surface area contributed by atoms with Gasteiger partial charge in [-0.2, -0.15) is 0 Å². The highest BCUT2D eigenvalue weighted by Gasteiger charge is 2.07. The van der Waals surface area contributed by atoms with Crippen LogP contribution in [0.1, 0.15) is 18.2 Å². The number of hydrogen-bond donors (Lipinski definition) is 1. The molecule has 1 aromatic carbocycles. The first kappa shape index (κ1) is 14.3. The molecular weight excluding hydrogens is 286 g/mol. The van der Waals surface area contributed by atoms with Crippen LogP contribution in [-0.4, -0.2) is 11.5 Å². The van der Waals surface area contributed by atoms with E-state index in [1.807, 2.05) is 0 Å². The first-order chi connectivity index (χ1) is 9.19. The molecule has 0 radical (unpaired) electrons. The first-order valence-electron chi connectivity index (χ1n) is 5.95. The average molecular weight is 300 g/mol. The monoisotopic (exact) mass is 300 g/mol. The standard InChI is InChI=1S/C13H14F2N2S2/c1-2-5-16-13-17-7-10(19-13)8-18-12-6-9(14)3-4-11(12)15/h3-4,6-7H,2,5,8H2,1H3,(H,16,17). The van der Waals surface area contributed by atoms with E-state index >= 15 is 0 Å². The number of anilines is 1. The lowest BCUT2D eigenvalue weighted by Gasteiger charge is -2.01.